The van der Waals surface area contributed by atoms with Crippen LogP contribution in [0.5, 0.6) is 11.5 Å². The average Bonchev–Trinajstić information content (AvgIpc) is 3.22. The Morgan fingerprint density at radius 2 is 1.54 bits per heavy atom. The number of Topliss-reactive ketones (excluding diaryl/α,β-unsaturated/α-hetero) is 1. The number of rotatable bonds is 8. The van der Waals surface area contributed by atoms with Crippen LogP contribution in [0, 0.1) is 0 Å². The fourth-order valence-electron chi connectivity index (χ4n) is 4.87. The van der Waals surface area contributed by atoms with E-state index in [9.17, 15) is 19.5 Å². The summed E-state index contributed by atoms with van der Waals surface area (Å²) in [6.07, 6.45) is 0. The monoisotopic (exact) mass is 557 g/mol. The van der Waals surface area contributed by atoms with Crippen molar-refractivity contribution in [1.29, 1.82) is 0 Å². The van der Waals surface area contributed by atoms with Crippen molar-refractivity contribution < 1.29 is 33.7 Å². The zero-order valence-electron chi connectivity index (χ0n) is 24.2. The quantitative estimate of drug-likeness (QED) is 0.152. The van der Waals surface area contributed by atoms with E-state index in [-0.39, 0.29) is 23.4 Å². The molecule has 1 N–H and O–H groups in total. The van der Waals surface area contributed by atoms with Crippen LogP contribution in [0.2, 0.25) is 0 Å². The molecule has 0 aliphatic carbocycles. The van der Waals surface area contributed by atoms with Crippen molar-refractivity contribution in [3.63, 3.8) is 0 Å². The number of benzene rings is 3. The maximum atomic E-state index is 13.6. The second-order valence-corrected chi connectivity index (χ2v) is 10.6. The zero-order valence-corrected chi connectivity index (χ0v) is 24.2. The summed E-state index contributed by atoms with van der Waals surface area (Å²) in [5.74, 6) is -1.10. The molecule has 0 spiro atoms. The first kappa shape index (κ1) is 29.4. The molecule has 1 saturated heterocycles. The Balaban J connectivity index is 1.89. The van der Waals surface area contributed by atoms with Gasteiger partial charge in [0.15, 0.2) is 0 Å². The first-order valence-electron chi connectivity index (χ1n) is 13.5. The number of nitrogens with zero attached hydrogens (tertiary/aromatic N) is 1. The highest BCUT2D eigenvalue weighted by Crippen LogP contribution is 2.43. The van der Waals surface area contributed by atoms with Gasteiger partial charge in [-0.15, -0.1) is 0 Å². The summed E-state index contributed by atoms with van der Waals surface area (Å²) >= 11 is 0. The van der Waals surface area contributed by atoms with E-state index in [1.807, 2.05) is 27.7 Å². The van der Waals surface area contributed by atoms with Gasteiger partial charge in [-0.25, -0.2) is 4.79 Å². The van der Waals surface area contributed by atoms with Crippen LogP contribution in [0.25, 0.3) is 5.76 Å². The Kier molecular flexibility index (Phi) is 8.52. The highest BCUT2D eigenvalue weighted by atomic mass is 16.5. The molecule has 1 aliphatic heterocycles. The lowest BCUT2D eigenvalue weighted by Gasteiger charge is -2.26. The third-order valence-electron chi connectivity index (χ3n) is 6.89. The van der Waals surface area contributed by atoms with Crippen LogP contribution >= 0.6 is 0 Å². The molecule has 1 fully saturated rings. The lowest BCUT2D eigenvalue weighted by molar-refractivity contribution is -0.132. The summed E-state index contributed by atoms with van der Waals surface area (Å²) in [4.78, 5) is 40.7. The largest absolute Gasteiger partial charge is 0.507 e. The third kappa shape index (κ3) is 5.82. The second-order valence-electron chi connectivity index (χ2n) is 10.6. The van der Waals surface area contributed by atoms with Gasteiger partial charge in [-0.05, 0) is 79.4 Å². The van der Waals surface area contributed by atoms with Crippen molar-refractivity contribution in [2.75, 3.05) is 25.2 Å². The first-order chi connectivity index (χ1) is 19.5. The van der Waals surface area contributed by atoms with Gasteiger partial charge in [0.25, 0.3) is 11.7 Å². The second kappa shape index (κ2) is 11.9. The fraction of sp³-hybridized carbons (Fsp3) is 0.303. The highest BCUT2D eigenvalue weighted by molar-refractivity contribution is 6.51. The maximum Gasteiger partial charge on any atom is 0.338 e. The van der Waals surface area contributed by atoms with Crippen molar-refractivity contribution in [1.82, 2.24) is 0 Å². The van der Waals surface area contributed by atoms with Crippen molar-refractivity contribution in [2.45, 2.75) is 46.1 Å². The van der Waals surface area contributed by atoms with Crippen molar-refractivity contribution in [3.8, 4) is 11.5 Å². The summed E-state index contributed by atoms with van der Waals surface area (Å²) in [5.41, 5.74) is 2.20. The molecular weight excluding hydrogens is 522 g/mol. The number of carbonyl (C=O) groups is 3. The summed E-state index contributed by atoms with van der Waals surface area (Å²) in [7, 11) is 1.55. The standard InChI is InChI=1S/C33H35NO7/c1-7-40-26-18-13-22(19-25(26)33(3,4)5)29(35)27-28(20-11-16-24(39-6)17-12-20)34(31(37)30(27)36)23-14-9-21(10-15-23)32(38)41-8-2/h9-19,28,35H,7-8H2,1-6H3/b29-27-. The predicted octanol–water partition coefficient (Wildman–Crippen LogP) is 6.19. The fourth-order valence-corrected chi connectivity index (χ4v) is 4.87. The Morgan fingerprint density at radius 3 is 2.10 bits per heavy atom. The molecule has 1 unspecified atom stereocenters. The molecule has 0 aromatic heterocycles. The van der Waals surface area contributed by atoms with E-state index in [1.165, 1.54) is 4.90 Å². The molecule has 3 aromatic carbocycles. The number of carbonyl (C=O) groups excluding carboxylic acids is 3. The van der Waals surface area contributed by atoms with Crippen LogP contribution < -0.4 is 14.4 Å². The number of ether oxygens (including phenoxy) is 3. The number of methoxy groups -OCH3 is 1. The molecular formula is C33H35NO7. The van der Waals surface area contributed by atoms with Gasteiger partial charge in [-0.2, -0.15) is 0 Å². The Morgan fingerprint density at radius 1 is 0.902 bits per heavy atom. The third-order valence-corrected chi connectivity index (χ3v) is 6.89. The molecule has 41 heavy (non-hydrogen) atoms. The minimum Gasteiger partial charge on any atom is -0.507 e. The van der Waals surface area contributed by atoms with Crippen molar-refractivity contribution in [3.05, 3.63) is 94.6 Å². The van der Waals surface area contributed by atoms with E-state index < -0.39 is 23.7 Å². The molecule has 3 aromatic rings. The van der Waals surface area contributed by atoms with E-state index >= 15 is 0 Å². The highest BCUT2D eigenvalue weighted by Gasteiger charge is 2.47. The Labute approximate surface area is 240 Å². The SMILES string of the molecule is CCOC(=O)c1ccc(N2C(=O)C(=O)/C(=C(\O)c3ccc(OCC)c(C(C)(C)C)c3)C2c2ccc(OC)cc2)cc1. The van der Waals surface area contributed by atoms with Gasteiger partial charge in [0.1, 0.15) is 17.3 Å². The number of hydrogen-bond acceptors (Lipinski definition) is 7. The molecule has 214 valence electrons. The van der Waals surface area contributed by atoms with Crippen LogP contribution in [0.1, 0.15) is 67.7 Å². The van der Waals surface area contributed by atoms with Gasteiger partial charge in [0, 0.05) is 16.8 Å². The Bertz CT molecular complexity index is 1480. The van der Waals surface area contributed by atoms with Gasteiger partial charge in [0.05, 0.1) is 37.5 Å². The number of esters is 1. The van der Waals surface area contributed by atoms with Crippen molar-refractivity contribution >= 4 is 29.1 Å². The number of amides is 1. The van der Waals surface area contributed by atoms with E-state index in [2.05, 4.69) is 0 Å². The first-order valence-corrected chi connectivity index (χ1v) is 13.5. The van der Waals surface area contributed by atoms with Crippen LogP contribution in [0.4, 0.5) is 5.69 Å². The van der Waals surface area contributed by atoms with E-state index in [1.54, 1.807) is 80.8 Å². The number of hydrogen-bond donors (Lipinski definition) is 1. The number of aliphatic hydroxyl groups is 1. The molecule has 4 rings (SSSR count). The average molecular weight is 558 g/mol. The lowest BCUT2D eigenvalue weighted by Crippen LogP contribution is -2.29. The smallest absolute Gasteiger partial charge is 0.338 e. The van der Waals surface area contributed by atoms with Crippen LogP contribution in [0.15, 0.2) is 72.3 Å². The molecule has 0 radical (unpaired) electrons. The maximum absolute atomic E-state index is 13.6. The zero-order chi connectivity index (χ0) is 29.9. The van der Waals surface area contributed by atoms with Gasteiger partial charge in [-0.3, -0.25) is 14.5 Å². The van der Waals surface area contributed by atoms with Crippen molar-refractivity contribution in [2.24, 2.45) is 0 Å². The predicted molar refractivity (Wildman–Crippen MR) is 156 cm³/mol. The van der Waals surface area contributed by atoms with Gasteiger partial charge >= 0.3 is 5.97 Å². The van der Waals surface area contributed by atoms with Gasteiger partial charge in [-0.1, -0.05) is 32.9 Å². The number of anilines is 1. The molecule has 0 saturated carbocycles. The van der Waals surface area contributed by atoms with E-state index in [0.717, 1.165) is 5.56 Å². The summed E-state index contributed by atoms with van der Waals surface area (Å²) < 4.78 is 16.2. The van der Waals surface area contributed by atoms with Gasteiger partial charge < -0.3 is 19.3 Å². The minimum atomic E-state index is -0.931. The summed E-state index contributed by atoms with van der Waals surface area (Å²) in [5, 5.41) is 11.6. The Hall–Kier alpha value is -4.59. The van der Waals surface area contributed by atoms with Crippen LogP contribution in [-0.2, 0) is 19.7 Å². The van der Waals surface area contributed by atoms with Crippen LogP contribution in [0.3, 0.4) is 0 Å². The molecule has 0 bridgehead atoms. The number of aliphatic hydroxyl groups excluding tert-OH is 1. The number of ketones is 1. The minimum absolute atomic E-state index is 0.0429. The normalized spacial score (nSPS) is 16.5. The van der Waals surface area contributed by atoms with E-state index in [4.69, 9.17) is 14.2 Å². The topological polar surface area (TPSA) is 102 Å². The molecule has 1 atom stereocenters. The summed E-state index contributed by atoms with van der Waals surface area (Å²) in [6, 6.07) is 17.5. The van der Waals surface area contributed by atoms with Crippen LogP contribution in [-0.4, -0.2) is 43.1 Å². The molecule has 1 heterocycles. The van der Waals surface area contributed by atoms with E-state index in [0.29, 0.717) is 40.5 Å². The molecule has 1 amide bonds. The lowest BCUT2D eigenvalue weighted by atomic mass is 9.84. The molecule has 1 aliphatic rings. The molecule has 8 nitrogen and oxygen atoms in total. The molecule has 8 heteroatoms. The summed E-state index contributed by atoms with van der Waals surface area (Å²) in [6.45, 7) is 10.4. The van der Waals surface area contributed by atoms with Gasteiger partial charge in [0.2, 0.25) is 0 Å².